The van der Waals surface area contributed by atoms with Gasteiger partial charge >= 0.3 is 0 Å². The number of fused-ring (bicyclic) bond motifs is 1. The fourth-order valence-electron chi connectivity index (χ4n) is 4.35. The van der Waals surface area contributed by atoms with Crippen LogP contribution < -0.4 is 5.56 Å². The maximum atomic E-state index is 13.2. The standard InChI is InChI=1S/C19H22ClN3O4S/c20-13-5-6-16-17(9-13)21-12-22(19(16)25)10-18(24)23(14-3-1-2-4-14)15-7-8-28(26,27)11-15/h5-6,9,12,14-15H,1-4,7-8,10-11H2/t15-/m0/s1. The highest BCUT2D eigenvalue weighted by atomic mass is 35.5. The third-order valence-electron chi connectivity index (χ3n) is 5.70. The third-order valence-corrected chi connectivity index (χ3v) is 7.69. The molecule has 1 aromatic carbocycles. The summed E-state index contributed by atoms with van der Waals surface area (Å²) in [6.45, 7) is -0.141. The Labute approximate surface area is 168 Å². The lowest BCUT2D eigenvalue weighted by Gasteiger charge is -2.34. The minimum atomic E-state index is -3.10. The molecule has 1 aliphatic heterocycles. The van der Waals surface area contributed by atoms with E-state index < -0.39 is 9.84 Å². The van der Waals surface area contributed by atoms with E-state index in [0.717, 1.165) is 25.7 Å². The molecule has 1 atom stereocenters. The van der Waals surface area contributed by atoms with Gasteiger partial charge in [-0.2, -0.15) is 0 Å². The number of aromatic nitrogens is 2. The quantitative estimate of drug-likeness (QED) is 0.750. The Hall–Kier alpha value is -1.93. The Morgan fingerprint density at radius 1 is 1.21 bits per heavy atom. The molecule has 7 nitrogen and oxygen atoms in total. The zero-order chi connectivity index (χ0) is 19.9. The number of hydrogen-bond acceptors (Lipinski definition) is 5. The third kappa shape index (κ3) is 3.80. The predicted octanol–water partition coefficient (Wildman–Crippen LogP) is 2.01. The average molecular weight is 424 g/mol. The van der Waals surface area contributed by atoms with Gasteiger partial charge in [0.25, 0.3) is 5.56 Å². The molecule has 2 aliphatic rings. The molecule has 9 heteroatoms. The topological polar surface area (TPSA) is 89.3 Å². The van der Waals surface area contributed by atoms with Crippen LogP contribution >= 0.6 is 11.6 Å². The maximum absolute atomic E-state index is 13.2. The summed E-state index contributed by atoms with van der Waals surface area (Å²) < 4.78 is 25.2. The first-order chi connectivity index (χ1) is 13.3. The summed E-state index contributed by atoms with van der Waals surface area (Å²) in [5.74, 6) is -0.0865. The summed E-state index contributed by atoms with van der Waals surface area (Å²) in [5.41, 5.74) is 0.177. The van der Waals surface area contributed by atoms with Crippen molar-refractivity contribution in [3.8, 4) is 0 Å². The van der Waals surface area contributed by atoms with Gasteiger partial charge in [0.1, 0.15) is 6.54 Å². The lowest BCUT2D eigenvalue weighted by atomic mass is 10.1. The molecular weight excluding hydrogens is 402 g/mol. The summed E-state index contributed by atoms with van der Waals surface area (Å²) in [6.07, 6.45) is 5.65. The van der Waals surface area contributed by atoms with Crippen LogP contribution in [0.3, 0.4) is 0 Å². The van der Waals surface area contributed by atoms with Gasteiger partial charge < -0.3 is 4.90 Å². The number of nitrogens with zero attached hydrogens (tertiary/aromatic N) is 3. The van der Waals surface area contributed by atoms with E-state index in [1.807, 2.05) is 0 Å². The second kappa shape index (κ2) is 7.48. The number of carbonyl (C=O) groups excluding carboxylic acids is 1. The number of halogens is 1. The van der Waals surface area contributed by atoms with Crippen LogP contribution in [0.1, 0.15) is 32.1 Å². The molecule has 4 rings (SSSR count). The van der Waals surface area contributed by atoms with Crippen molar-refractivity contribution in [2.45, 2.75) is 50.7 Å². The highest BCUT2D eigenvalue weighted by Crippen LogP contribution is 2.29. The second-order valence-corrected chi connectivity index (χ2v) is 10.3. The predicted molar refractivity (Wildman–Crippen MR) is 107 cm³/mol. The van der Waals surface area contributed by atoms with Crippen LogP contribution in [0, 0.1) is 0 Å². The molecule has 150 valence electrons. The molecule has 2 fully saturated rings. The van der Waals surface area contributed by atoms with E-state index >= 15 is 0 Å². The van der Waals surface area contributed by atoms with Crippen LogP contribution in [0.5, 0.6) is 0 Å². The Morgan fingerprint density at radius 3 is 2.64 bits per heavy atom. The molecule has 0 spiro atoms. The maximum Gasteiger partial charge on any atom is 0.261 e. The van der Waals surface area contributed by atoms with Crippen molar-refractivity contribution in [1.82, 2.24) is 14.5 Å². The zero-order valence-electron chi connectivity index (χ0n) is 15.4. The van der Waals surface area contributed by atoms with Crippen molar-refractivity contribution < 1.29 is 13.2 Å². The highest BCUT2D eigenvalue weighted by molar-refractivity contribution is 7.91. The first-order valence-electron chi connectivity index (χ1n) is 9.50. The van der Waals surface area contributed by atoms with Crippen molar-refractivity contribution in [3.05, 3.63) is 39.9 Å². The van der Waals surface area contributed by atoms with E-state index in [4.69, 9.17) is 11.6 Å². The lowest BCUT2D eigenvalue weighted by molar-refractivity contribution is -0.136. The van der Waals surface area contributed by atoms with E-state index in [2.05, 4.69) is 4.98 Å². The number of sulfone groups is 1. The van der Waals surface area contributed by atoms with Crippen LogP contribution in [0.15, 0.2) is 29.3 Å². The molecule has 1 saturated carbocycles. The number of carbonyl (C=O) groups is 1. The Kier molecular flexibility index (Phi) is 5.18. The Balaban J connectivity index is 1.62. The van der Waals surface area contributed by atoms with Gasteiger partial charge in [0.05, 0.1) is 28.7 Å². The molecule has 28 heavy (non-hydrogen) atoms. The SMILES string of the molecule is O=C(Cn1cnc2cc(Cl)ccc2c1=O)N(C1CCCC1)[C@H]1CCS(=O)(=O)C1. The molecule has 0 N–H and O–H groups in total. The van der Waals surface area contributed by atoms with Crippen LogP contribution in [0.25, 0.3) is 10.9 Å². The van der Waals surface area contributed by atoms with Crippen molar-refractivity contribution in [1.29, 1.82) is 0 Å². The largest absolute Gasteiger partial charge is 0.334 e. The van der Waals surface area contributed by atoms with E-state index in [-0.39, 0.29) is 41.6 Å². The normalized spacial score (nSPS) is 22.0. The molecule has 0 bridgehead atoms. The first-order valence-corrected chi connectivity index (χ1v) is 11.7. The van der Waals surface area contributed by atoms with Gasteiger partial charge in [-0.25, -0.2) is 13.4 Å². The summed E-state index contributed by atoms with van der Waals surface area (Å²) >= 11 is 5.95. The highest BCUT2D eigenvalue weighted by Gasteiger charge is 2.39. The molecule has 1 aromatic heterocycles. The van der Waals surface area contributed by atoms with Gasteiger partial charge in [-0.3, -0.25) is 14.2 Å². The van der Waals surface area contributed by atoms with Crippen molar-refractivity contribution in [2.75, 3.05) is 11.5 Å². The number of benzene rings is 1. The van der Waals surface area contributed by atoms with E-state index in [9.17, 15) is 18.0 Å². The minimum absolute atomic E-state index is 0.0125. The van der Waals surface area contributed by atoms with Crippen molar-refractivity contribution in [3.63, 3.8) is 0 Å². The molecule has 0 unspecified atom stereocenters. The molecular formula is C19H22ClN3O4S. The van der Waals surface area contributed by atoms with Crippen LogP contribution in [-0.4, -0.2) is 52.4 Å². The smallest absolute Gasteiger partial charge is 0.261 e. The summed E-state index contributed by atoms with van der Waals surface area (Å²) in [4.78, 5) is 31.9. The molecule has 1 aliphatic carbocycles. The van der Waals surface area contributed by atoms with Gasteiger partial charge in [0.15, 0.2) is 9.84 Å². The number of hydrogen-bond donors (Lipinski definition) is 0. The number of rotatable bonds is 4. The fraction of sp³-hybridized carbons (Fsp3) is 0.526. The molecule has 1 amide bonds. The van der Waals surface area contributed by atoms with E-state index in [0.29, 0.717) is 22.3 Å². The van der Waals surface area contributed by atoms with Gasteiger partial charge in [-0.05, 0) is 37.5 Å². The Morgan fingerprint density at radius 2 is 1.96 bits per heavy atom. The van der Waals surface area contributed by atoms with Crippen LogP contribution in [0.2, 0.25) is 5.02 Å². The average Bonchev–Trinajstić information content (AvgIpc) is 3.28. The summed E-state index contributed by atoms with van der Waals surface area (Å²) in [5, 5.41) is 0.888. The molecule has 2 heterocycles. The molecule has 0 radical (unpaired) electrons. The van der Waals surface area contributed by atoms with Crippen molar-refractivity contribution in [2.24, 2.45) is 0 Å². The van der Waals surface area contributed by atoms with E-state index in [1.54, 1.807) is 23.1 Å². The van der Waals surface area contributed by atoms with Gasteiger partial charge in [0.2, 0.25) is 5.91 Å². The zero-order valence-corrected chi connectivity index (χ0v) is 17.0. The van der Waals surface area contributed by atoms with Gasteiger partial charge in [0, 0.05) is 17.1 Å². The van der Waals surface area contributed by atoms with Gasteiger partial charge in [-0.1, -0.05) is 24.4 Å². The lowest BCUT2D eigenvalue weighted by Crippen LogP contribution is -2.49. The van der Waals surface area contributed by atoms with Crippen molar-refractivity contribution >= 4 is 38.2 Å². The van der Waals surface area contributed by atoms with Gasteiger partial charge in [-0.15, -0.1) is 0 Å². The van der Waals surface area contributed by atoms with Crippen LogP contribution in [-0.2, 0) is 21.2 Å². The second-order valence-electron chi connectivity index (χ2n) is 7.64. The summed E-state index contributed by atoms with van der Waals surface area (Å²) in [6, 6.07) is 4.58. The van der Waals surface area contributed by atoms with E-state index in [1.165, 1.54) is 10.9 Å². The number of amides is 1. The first kappa shape index (κ1) is 19.4. The van der Waals surface area contributed by atoms with Crippen LogP contribution in [0.4, 0.5) is 0 Å². The monoisotopic (exact) mass is 423 g/mol. The summed E-state index contributed by atoms with van der Waals surface area (Å²) in [7, 11) is -3.10. The Bertz CT molecular complexity index is 1080. The fourth-order valence-corrected chi connectivity index (χ4v) is 6.23. The minimum Gasteiger partial charge on any atom is -0.334 e. The molecule has 2 aromatic rings. The molecule has 1 saturated heterocycles.